The van der Waals surface area contributed by atoms with Gasteiger partial charge in [0, 0.05) is 12.6 Å². The topological polar surface area (TPSA) is 58.6 Å². The summed E-state index contributed by atoms with van der Waals surface area (Å²) in [4.78, 5) is 27.1. The van der Waals surface area contributed by atoms with Gasteiger partial charge in [-0.05, 0) is 50.1 Å². The molecule has 0 aliphatic rings. The molecule has 30 heavy (non-hydrogen) atoms. The van der Waals surface area contributed by atoms with Crippen LogP contribution in [-0.2, 0) is 16.1 Å². The molecule has 162 valence electrons. The first-order valence-corrected chi connectivity index (χ1v) is 10.8. The molecule has 0 aromatic heterocycles. The van der Waals surface area contributed by atoms with E-state index in [2.05, 4.69) is 5.32 Å². The molecule has 0 saturated carbocycles. The van der Waals surface area contributed by atoms with Crippen molar-refractivity contribution in [2.75, 3.05) is 6.61 Å². The van der Waals surface area contributed by atoms with Crippen molar-refractivity contribution in [1.29, 1.82) is 0 Å². The number of ether oxygens (including phenoxy) is 1. The fourth-order valence-electron chi connectivity index (χ4n) is 2.67. The van der Waals surface area contributed by atoms with Crippen molar-refractivity contribution in [2.45, 2.75) is 45.8 Å². The molecule has 8 heteroatoms. The zero-order valence-electron chi connectivity index (χ0n) is 17.1. The highest BCUT2D eigenvalue weighted by atomic mass is 35.5. The van der Waals surface area contributed by atoms with Gasteiger partial charge in [-0.1, -0.05) is 59.9 Å². The first kappa shape index (κ1) is 24.3. The van der Waals surface area contributed by atoms with Gasteiger partial charge in [0.1, 0.15) is 11.8 Å². The third-order valence-corrected chi connectivity index (χ3v) is 5.74. The largest absolute Gasteiger partial charge is 0.482 e. The van der Waals surface area contributed by atoms with Crippen LogP contribution in [-0.4, -0.2) is 35.4 Å². The summed E-state index contributed by atoms with van der Waals surface area (Å²) in [6, 6.07) is 11.3. The lowest BCUT2D eigenvalue weighted by Crippen LogP contribution is -2.50. The molecule has 0 radical (unpaired) electrons. The predicted molar refractivity (Wildman–Crippen MR) is 121 cm³/mol. The minimum atomic E-state index is -0.712. The standard InChI is InChI=1S/C22H25Cl3N2O3/c1-4-14(2)26-22(29)15(3)27(12-16-9-10-17(23)19(25)11-16)21(28)13-30-20-8-6-5-7-18(20)24/h5-11,14-15H,4,12-13H2,1-3H3,(H,26,29). The number of nitrogens with zero attached hydrogens (tertiary/aromatic N) is 1. The van der Waals surface area contributed by atoms with E-state index in [0.717, 1.165) is 12.0 Å². The van der Waals surface area contributed by atoms with E-state index in [1.807, 2.05) is 13.8 Å². The van der Waals surface area contributed by atoms with Gasteiger partial charge in [0.25, 0.3) is 5.91 Å². The molecule has 0 heterocycles. The summed E-state index contributed by atoms with van der Waals surface area (Å²) in [7, 11) is 0. The first-order chi connectivity index (χ1) is 14.2. The van der Waals surface area contributed by atoms with Gasteiger partial charge in [0.15, 0.2) is 6.61 Å². The average Bonchev–Trinajstić information content (AvgIpc) is 2.73. The van der Waals surface area contributed by atoms with Gasteiger partial charge in [-0.2, -0.15) is 0 Å². The van der Waals surface area contributed by atoms with Crippen molar-refractivity contribution in [3.63, 3.8) is 0 Å². The van der Waals surface area contributed by atoms with E-state index in [-0.39, 0.29) is 31.0 Å². The van der Waals surface area contributed by atoms with Crippen molar-refractivity contribution in [2.24, 2.45) is 0 Å². The molecular formula is C22H25Cl3N2O3. The molecule has 0 aliphatic carbocycles. The summed E-state index contributed by atoms with van der Waals surface area (Å²) >= 11 is 18.2. The quantitative estimate of drug-likeness (QED) is 0.536. The Morgan fingerprint density at radius 2 is 1.73 bits per heavy atom. The fraction of sp³-hybridized carbons (Fsp3) is 0.364. The van der Waals surface area contributed by atoms with Crippen LogP contribution in [0, 0.1) is 0 Å². The van der Waals surface area contributed by atoms with E-state index in [0.29, 0.717) is 20.8 Å². The van der Waals surface area contributed by atoms with Crippen molar-refractivity contribution in [3.05, 3.63) is 63.1 Å². The summed E-state index contributed by atoms with van der Waals surface area (Å²) in [6.45, 7) is 5.49. The minimum Gasteiger partial charge on any atom is -0.482 e. The minimum absolute atomic E-state index is 0.00116. The maximum Gasteiger partial charge on any atom is 0.261 e. The van der Waals surface area contributed by atoms with Gasteiger partial charge in [-0.3, -0.25) is 9.59 Å². The van der Waals surface area contributed by atoms with E-state index in [4.69, 9.17) is 39.5 Å². The molecule has 2 aromatic rings. The highest BCUT2D eigenvalue weighted by Crippen LogP contribution is 2.25. The summed E-state index contributed by atoms with van der Waals surface area (Å²) in [5.74, 6) is -0.193. The Kier molecular flexibility index (Phi) is 9.28. The number of amides is 2. The molecule has 2 amide bonds. The molecule has 0 spiro atoms. The molecule has 0 saturated heterocycles. The van der Waals surface area contributed by atoms with Gasteiger partial charge in [-0.15, -0.1) is 0 Å². The maximum absolute atomic E-state index is 13.0. The lowest BCUT2D eigenvalue weighted by molar-refractivity contribution is -0.142. The van der Waals surface area contributed by atoms with E-state index < -0.39 is 6.04 Å². The molecule has 0 bridgehead atoms. The van der Waals surface area contributed by atoms with Gasteiger partial charge in [-0.25, -0.2) is 0 Å². The predicted octanol–water partition coefficient (Wildman–Crippen LogP) is 5.36. The molecule has 2 aromatic carbocycles. The van der Waals surface area contributed by atoms with Crippen LogP contribution < -0.4 is 10.1 Å². The van der Waals surface area contributed by atoms with Crippen LogP contribution in [0.15, 0.2) is 42.5 Å². The van der Waals surface area contributed by atoms with Crippen LogP contribution in [0.25, 0.3) is 0 Å². The molecule has 1 N–H and O–H groups in total. The molecule has 2 rings (SSSR count). The normalized spacial score (nSPS) is 12.7. The second-order valence-electron chi connectivity index (χ2n) is 6.98. The van der Waals surface area contributed by atoms with Crippen LogP contribution in [0.2, 0.25) is 15.1 Å². The smallest absolute Gasteiger partial charge is 0.261 e. The SMILES string of the molecule is CCC(C)NC(=O)C(C)N(Cc1ccc(Cl)c(Cl)c1)C(=O)COc1ccccc1Cl. The molecule has 0 fully saturated rings. The summed E-state index contributed by atoms with van der Waals surface area (Å²) in [5, 5.41) is 4.12. The molecule has 2 unspecified atom stereocenters. The van der Waals surface area contributed by atoms with Gasteiger partial charge < -0.3 is 15.0 Å². The van der Waals surface area contributed by atoms with Crippen molar-refractivity contribution >= 4 is 46.6 Å². The third kappa shape index (κ3) is 6.79. The Morgan fingerprint density at radius 1 is 1.03 bits per heavy atom. The lowest BCUT2D eigenvalue weighted by Gasteiger charge is -2.29. The number of benzene rings is 2. The van der Waals surface area contributed by atoms with Crippen LogP contribution in [0.4, 0.5) is 0 Å². The number of para-hydroxylation sites is 1. The molecule has 0 aliphatic heterocycles. The van der Waals surface area contributed by atoms with E-state index in [1.54, 1.807) is 49.4 Å². The Balaban J connectivity index is 2.20. The van der Waals surface area contributed by atoms with E-state index >= 15 is 0 Å². The van der Waals surface area contributed by atoms with Gasteiger partial charge >= 0.3 is 0 Å². The van der Waals surface area contributed by atoms with Gasteiger partial charge in [0.2, 0.25) is 5.91 Å². The summed E-state index contributed by atoms with van der Waals surface area (Å²) in [6.07, 6.45) is 0.787. The van der Waals surface area contributed by atoms with E-state index in [1.165, 1.54) is 4.90 Å². The highest BCUT2D eigenvalue weighted by molar-refractivity contribution is 6.42. The number of halogens is 3. The zero-order chi connectivity index (χ0) is 22.3. The maximum atomic E-state index is 13.0. The van der Waals surface area contributed by atoms with Crippen LogP contribution in [0.3, 0.4) is 0 Å². The zero-order valence-corrected chi connectivity index (χ0v) is 19.4. The van der Waals surface area contributed by atoms with Crippen LogP contribution in [0.1, 0.15) is 32.8 Å². The number of carbonyl (C=O) groups is 2. The third-order valence-electron chi connectivity index (χ3n) is 4.69. The van der Waals surface area contributed by atoms with Crippen molar-refractivity contribution < 1.29 is 14.3 Å². The summed E-state index contributed by atoms with van der Waals surface area (Å²) in [5.41, 5.74) is 0.749. The second kappa shape index (κ2) is 11.4. The number of hydrogen-bond acceptors (Lipinski definition) is 3. The first-order valence-electron chi connectivity index (χ1n) is 9.64. The lowest BCUT2D eigenvalue weighted by atomic mass is 10.1. The number of hydrogen-bond donors (Lipinski definition) is 1. The fourth-order valence-corrected chi connectivity index (χ4v) is 3.18. The Hall–Kier alpha value is -1.95. The molecule has 5 nitrogen and oxygen atoms in total. The van der Waals surface area contributed by atoms with Crippen molar-refractivity contribution in [1.82, 2.24) is 10.2 Å². The Labute approximate surface area is 192 Å². The van der Waals surface area contributed by atoms with Gasteiger partial charge in [0.05, 0.1) is 15.1 Å². The van der Waals surface area contributed by atoms with Crippen LogP contribution >= 0.6 is 34.8 Å². The Bertz CT molecular complexity index is 892. The second-order valence-corrected chi connectivity index (χ2v) is 8.20. The number of carbonyl (C=O) groups excluding carboxylic acids is 2. The summed E-state index contributed by atoms with van der Waals surface area (Å²) < 4.78 is 5.59. The number of nitrogens with one attached hydrogen (secondary N) is 1. The average molecular weight is 472 g/mol. The highest BCUT2D eigenvalue weighted by Gasteiger charge is 2.27. The molecule has 2 atom stereocenters. The molecular weight excluding hydrogens is 447 g/mol. The monoisotopic (exact) mass is 470 g/mol. The van der Waals surface area contributed by atoms with E-state index in [9.17, 15) is 9.59 Å². The van der Waals surface area contributed by atoms with Crippen molar-refractivity contribution in [3.8, 4) is 5.75 Å². The Morgan fingerprint density at radius 3 is 2.37 bits per heavy atom. The van der Waals surface area contributed by atoms with Crippen LogP contribution in [0.5, 0.6) is 5.75 Å². The number of rotatable bonds is 9.